The van der Waals surface area contributed by atoms with Gasteiger partial charge in [-0.15, -0.1) is 0 Å². The summed E-state index contributed by atoms with van der Waals surface area (Å²) in [7, 11) is 0. The predicted molar refractivity (Wildman–Crippen MR) is 279 cm³/mol. The van der Waals surface area contributed by atoms with E-state index in [-0.39, 0.29) is 23.7 Å². The summed E-state index contributed by atoms with van der Waals surface area (Å²) in [5.74, 6) is 2.97. The highest BCUT2D eigenvalue weighted by Crippen LogP contribution is 2.56. The highest BCUT2D eigenvalue weighted by Gasteiger charge is 2.42. The van der Waals surface area contributed by atoms with Gasteiger partial charge in [0.2, 0.25) is 0 Å². The van der Waals surface area contributed by atoms with Crippen LogP contribution in [0.25, 0.3) is 98.1 Å². The fourth-order valence-electron chi connectivity index (χ4n) is 18.0. The molecule has 4 saturated carbocycles. The molecule has 4 fully saturated rings. The monoisotopic (exact) mass is 926 g/mol. The van der Waals surface area contributed by atoms with E-state index in [4.69, 9.17) is 4.42 Å². The van der Waals surface area contributed by atoms with Crippen LogP contribution in [0.1, 0.15) is 190 Å². The van der Waals surface area contributed by atoms with E-state index in [1.165, 1.54) is 22.3 Å². The van der Waals surface area contributed by atoms with Crippen molar-refractivity contribution in [3.05, 3.63) is 105 Å². The van der Waals surface area contributed by atoms with Gasteiger partial charge in [0.1, 0.15) is 11.2 Å². The molecule has 71 heavy (non-hydrogen) atoms. The number of furan rings is 1. The number of hydrogen-bond acceptors (Lipinski definition) is 5. The third-order valence-electron chi connectivity index (χ3n) is 21.4. The van der Waals surface area contributed by atoms with Gasteiger partial charge in [-0.2, -0.15) is 0 Å². The fourth-order valence-corrected chi connectivity index (χ4v) is 18.0. The summed E-state index contributed by atoms with van der Waals surface area (Å²) in [4.78, 5) is 57.9. The lowest BCUT2D eigenvalue weighted by Crippen LogP contribution is -2.15. The first kappa shape index (κ1) is 38.1. The molecule has 7 nitrogen and oxygen atoms in total. The number of benzene rings is 6. The first-order chi connectivity index (χ1) is 34.8. The molecule has 346 valence electrons. The van der Waals surface area contributed by atoms with Crippen LogP contribution in [0.2, 0.25) is 0 Å². The molecule has 7 heteroatoms. The third kappa shape index (κ3) is 4.39. The molecule has 11 aromatic rings. The lowest BCUT2D eigenvalue weighted by molar-refractivity contribution is 0.0891. The van der Waals surface area contributed by atoms with Gasteiger partial charge in [-0.1, -0.05) is 0 Å². The Morgan fingerprint density at radius 3 is 0.873 bits per heavy atom. The molecule has 12 aliphatic carbocycles. The van der Waals surface area contributed by atoms with E-state index in [0.717, 1.165) is 223 Å². The molecule has 0 unspecified atom stereocenters. The maximum absolute atomic E-state index is 14.6. The molecule has 23 rings (SSSR count). The number of hydrogen-bond donors (Lipinski definition) is 0. The van der Waals surface area contributed by atoms with Crippen LogP contribution in [-0.2, 0) is 0 Å². The minimum absolute atomic E-state index is 0.0752. The van der Waals surface area contributed by atoms with Crippen LogP contribution in [-0.4, -0.2) is 31.9 Å². The van der Waals surface area contributed by atoms with Crippen LogP contribution >= 0.6 is 0 Å². The lowest BCUT2D eigenvalue weighted by atomic mass is 9.82. The molecule has 0 N–H and O–H groups in total. The van der Waals surface area contributed by atoms with Crippen LogP contribution in [0.5, 0.6) is 0 Å². The fraction of sp³-hybridized carbons (Fsp3) is 0.375. The first-order valence-corrected chi connectivity index (χ1v) is 27.4. The van der Waals surface area contributed by atoms with E-state index in [9.17, 15) is 19.2 Å². The van der Waals surface area contributed by atoms with E-state index >= 15 is 0 Å². The van der Waals surface area contributed by atoms with Crippen molar-refractivity contribution in [1.82, 2.24) is 8.80 Å². The summed E-state index contributed by atoms with van der Waals surface area (Å²) in [5.41, 5.74) is 16.5. The van der Waals surface area contributed by atoms with Crippen LogP contribution < -0.4 is 0 Å². The number of Topliss-reactive ketones (excluding diaryl/α,β-unsaturated/α-hetero) is 4. The third-order valence-corrected chi connectivity index (χ3v) is 21.4. The molecule has 6 aromatic carbocycles. The zero-order chi connectivity index (χ0) is 46.2. The van der Waals surface area contributed by atoms with Gasteiger partial charge in [0.05, 0.1) is 33.1 Å². The SMILES string of the molecule is O=C1c2cc3c(cc2C2CCC1CC2)c1cc2oc4cc5c6cc7c(cc6n6c8cc9c(cc8c(c4c2c2c4cc8c(cc4n3c12)C(=O)C1CCC8CC1)c56)C1CCC(CC1)C9=O)C(=O)C1CCC7CC1. The van der Waals surface area contributed by atoms with E-state index in [1.807, 2.05) is 0 Å². The van der Waals surface area contributed by atoms with E-state index in [0.29, 0.717) is 46.8 Å². The van der Waals surface area contributed by atoms with E-state index in [1.54, 1.807) is 0 Å². The number of ketones is 4. The average Bonchev–Trinajstić information content (AvgIpc) is 4.05. The Morgan fingerprint density at radius 2 is 0.563 bits per heavy atom. The summed E-state index contributed by atoms with van der Waals surface area (Å²) in [6.45, 7) is 0. The van der Waals surface area contributed by atoms with Crippen molar-refractivity contribution in [2.75, 3.05) is 0 Å². The molecule has 5 heterocycles. The summed E-state index contributed by atoms with van der Waals surface area (Å²) in [6, 6.07) is 23.1. The molecule has 5 aromatic heterocycles. The predicted octanol–water partition coefficient (Wildman–Crippen LogP) is 15.8. The van der Waals surface area contributed by atoms with Gasteiger partial charge in [0.25, 0.3) is 0 Å². The van der Waals surface area contributed by atoms with Gasteiger partial charge in [0, 0.05) is 99.8 Å². The van der Waals surface area contributed by atoms with Crippen molar-refractivity contribution in [2.45, 2.75) is 126 Å². The Kier molecular flexibility index (Phi) is 6.72. The zero-order valence-electron chi connectivity index (χ0n) is 39.6. The molecule has 0 aliphatic heterocycles. The average molecular weight is 927 g/mol. The molecule has 0 spiro atoms. The Bertz CT molecular complexity index is 4140. The molecular formula is C64H50N2O5. The van der Waals surface area contributed by atoms with Gasteiger partial charge in [-0.25, -0.2) is 0 Å². The number of rotatable bonds is 0. The minimum Gasteiger partial charge on any atom is -0.456 e. The number of fused-ring (bicyclic) bond motifs is 25. The van der Waals surface area contributed by atoms with E-state index in [2.05, 4.69) is 69.5 Å². The molecule has 12 aliphatic rings. The standard InChI is InChI=1S/C64H50N2O5/c67-61-31-9-1-27(2-10-31)35-17-39-41-25-53-57(55-47-19-37-29-5-13-33(14-6-29)63(69)45(37)23-51(47)65(59(41)55)49(39)21-43(35)61)58-54(71-53)26-42-40-18-36-28-3-11-32(12-4-28)62(68)44(36)22-50(40)66-52-24-46-38(20-48(52)56(58)60(42)66)30-7-15-34(16-8-30)64(46)70/h17-34H,1-16H2. The van der Waals surface area contributed by atoms with Gasteiger partial charge in [-0.05, 0) is 209 Å². The molecule has 0 saturated heterocycles. The Balaban J connectivity index is 1.02. The second kappa shape index (κ2) is 12.5. The summed E-state index contributed by atoms with van der Waals surface area (Å²) in [6.07, 6.45) is 16.0. The summed E-state index contributed by atoms with van der Waals surface area (Å²) in [5, 5.41) is 11.3. The van der Waals surface area contributed by atoms with Gasteiger partial charge in [-0.3, -0.25) is 19.2 Å². The largest absolute Gasteiger partial charge is 0.456 e. The summed E-state index contributed by atoms with van der Waals surface area (Å²) < 4.78 is 12.3. The highest BCUT2D eigenvalue weighted by atomic mass is 16.3. The van der Waals surface area contributed by atoms with Crippen molar-refractivity contribution in [3.63, 3.8) is 0 Å². The number of aromatic nitrogens is 2. The van der Waals surface area contributed by atoms with Crippen LogP contribution in [0, 0.1) is 23.7 Å². The van der Waals surface area contributed by atoms with Crippen LogP contribution in [0.4, 0.5) is 0 Å². The quantitative estimate of drug-likeness (QED) is 0.151. The van der Waals surface area contributed by atoms with Crippen LogP contribution in [0.3, 0.4) is 0 Å². The molecule has 0 atom stereocenters. The molecule has 0 radical (unpaired) electrons. The number of nitrogens with zero attached hydrogens (tertiary/aromatic N) is 2. The van der Waals surface area contributed by atoms with E-state index < -0.39 is 0 Å². The van der Waals surface area contributed by atoms with Crippen molar-refractivity contribution in [1.29, 1.82) is 0 Å². The first-order valence-electron chi connectivity index (χ1n) is 27.4. The normalized spacial score (nSPS) is 28.1. The van der Waals surface area contributed by atoms with Crippen molar-refractivity contribution < 1.29 is 23.6 Å². The molecule has 0 amide bonds. The Morgan fingerprint density at radius 1 is 0.296 bits per heavy atom. The number of carbonyl (C=O) groups excluding carboxylic acids is 4. The van der Waals surface area contributed by atoms with Gasteiger partial charge < -0.3 is 13.2 Å². The van der Waals surface area contributed by atoms with Crippen molar-refractivity contribution >= 4 is 121 Å². The Hall–Kier alpha value is -6.60. The zero-order valence-corrected chi connectivity index (χ0v) is 39.6. The minimum atomic E-state index is 0.0752. The lowest BCUT2D eigenvalue weighted by Gasteiger charge is -2.22. The molecule has 8 bridgehead atoms. The van der Waals surface area contributed by atoms with Crippen molar-refractivity contribution in [2.24, 2.45) is 23.7 Å². The maximum atomic E-state index is 14.6. The summed E-state index contributed by atoms with van der Waals surface area (Å²) >= 11 is 0. The van der Waals surface area contributed by atoms with Crippen molar-refractivity contribution in [3.8, 4) is 0 Å². The van der Waals surface area contributed by atoms with Gasteiger partial charge in [0.15, 0.2) is 23.1 Å². The second-order valence-corrected chi connectivity index (χ2v) is 24.3. The Labute approximate surface area is 407 Å². The smallest absolute Gasteiger partial charge is 0.166 e. The molecular weight excluding hydrogens is 877 g/mol. The maximum Gasteiger partial charge on any atom is 0.166 e. The highest BCUT2D eigenvalue weighted by molar-refractivity contribution is 6.42. The second-order valence-electron chi connectivity index (χ2n) is 24.3. The van der Waals surface area contributed by atoms with Crippen LogP contribution in [0.15, 0.2) is 65.1 Å². The van der Waals surface area contributed by atoms with Gasteiger partial charge >= 0.3 is 0 Å². The topological polar surface area (TPSA) is 90.2 Å². The number of carbonyl (C=O) groups is 4.